The van der Waals surface area contributed by atoms with Gasteiger partial charge >= 0.3 is 0 Å². The Morgan fingerprint density at radius 2 is 2.00 bits per heavy atom. The molecule has 3 rings (SSSR count). The summed E-state index contributed by atoms with van der Waals surface area (Å²) in [6.07, 6.45) is 0. The third kappa shape index (κ3) is 2.57. The van der Waals surface area contributed by atoms with Crippen LogP contribution < -0.4 is 10.3 Å². The minimum Gasteiger partial charge on any atom is -0.443 e. The van der Waals surface area contributed by atoms with Gasteiger partial charge in [0, 0.05) is 10.6 Å². The number of H-pyrrole nitrogens is 1. The molecule has 0 radical (unpaired) electrons. The van der Waals surface area contributed by atoms with Gasteiger partial charge in [0.25, 0.3) is 5.56 Å². The van der Waals surface area contributed by atoms with Crippen molar-refractivity contribution in [3.63, 3.8) is 0 Å². The Morgan fingerprint density at radius 3 is 2.65 bits per heavy atom. The molecule has 1 aliphatic rings. The van der Waals surface area contributed by atoms with Crippen molar-refractivity contribution in [2.24, 2.45) is 0 Å². The summed E-state index contributed by atoms with van der Waals surface area (Å²) in [5.74, 6) is 0.344. The highest BCUT2D eigenvalue weighted by atomic mass is 35.5. The first kappa shape index (κ1) is 15.5. The highest BCUT2D eigenvalue weighted by Crippen LogP contribution is 2.42. The van der Waals surface area contributed by atoms with Crippen molar-refractivity contribution in [1.82, 2.24) is 9.97 Å². The number of hydrogen-bond donors (Lipinski definition) is 1. The minimum absolute atomic E-state index is 0.168. The third-order valence-electron chi connectivity index (χ3n) is 3.84. The molecule has 0 amide bonds. The number of halogens is 1. The Morgan fingerprint density at radius 1 is 1.30 bits per heavy atom. The van der Waals surface area contributed by atoms with Gasteiger partial charge in [0.05, 0.1) is 11.5 Å². The summed E-state index contributed by atoms with van der Waals surface area (Å²) in [6.45, 7) is 4.82. The minimum atomic E-state index is -0.596. The van der Waals surface area contributed by atoms with Gasteiger partial charge in [0.2, 0.25) is 5.88 Å². The molecule has 1 aliphatic heterocycles. The first-order chi connectivity index (χ1) is 10.9. The number of allylic oxidation sites excluding steroid dienone is 2. The van der Waals surface area contributed by atoms with Crippen LogP contribution in [-0.4, -0.2) is 15.8 Å². The predicted molar refractivity (Wildman–Crippen MR) is 86.9 cm³/mol. The van der Waals surface area contributed by atoms with Crippen molar-refractivity contribution in [2.75, 3.05) is 0 Å². The molecular weight excluding hydrogens is 316 g/mol. The molecule has 1 aromatic carbocycles. The first-order valence-corrected chi connectivity index (χ1v) is 7.52. The normalized spacial score (nSPS) is 16.8. The standard InChI is InChI=1S/C17H15ClN2O3/c1-8(21)13-9(2)23-17-15(16(22)19-10(3)20-17)14(13)11-6-4-5-7-12(11)18/h4-7,14H,1-3H3,(H,19,20,22)/t14-/m0/s1. The zero-order chi connectivity index (χ0) is 16.7. The quantitative estimate of drug-likeness (QED) is 0.918. The fourth-order valence-corrected chi connectivity index (χ4v) is 3.17. The van der Waals surface area contributed by atoms with Gasteiger partial charge in [0.15, 0.2) is 5.78 Å². The molecule has 2 heterocycles. The van der Waals surface area contributed by atoms with Gasteiger partial charge in [0.1, 0.15) is 11.6 Å². The summed E-state index contributed by atoms with van der Waals surface area (Å²) in [5.41, 5.74) is 1.07. The number of carbonyl (C=O) groups is 1. The van der Waals surface area contributed by atoms with Crippen LogP contribution >= 0.6 is 11.6 Å². The van der Waals surface area contributed by atoms with Crippen molar-refractivity contribution >= 4 is 17.4 Å². The molecule has 118 valence electrons. The van der Waals surface area contributed by atoms with Crippen molar-refractivity contribution in [3.05, 3.63) is 67.9 Å². The number of rotatable bonds is 2. The molecular formula is C17H15ClN2O3. The van der Waals surface area contributed by atoms with Gasteiger partial charge in [-0.2, -0.15) is 4.98 Å². The molecule has 6 heteroatoms. The van der Waals surface area contributed by atoms with Gasteiger partial charge in [-0.3, -0.25) is 9.59 Å². The Bertz CT molecular complexity index is 899. The van der Waals surface area contributed by atoms with Gasteiger partial charge < -0.3 is 9.72 Å². The second-order valence-electron chi connectivity index (χ2n) is 5.45. The number of nitrogens with zero attached hydrogens (tertiary/aromatic N) is 1. The van der Waals surface area contributed by atoms with Gasteiger partial charge in [-0.1, -0.05) is 29.8 Å². The van der Waals surface area contributed by atoms with E-state index in [2.05, 4.69) is 9.97 Å². The van der Waals surface area contributed by atoms with Crippen molar-refractivity contribution in [3.8, 4) is 5.88 Å². The largest absolute Gasteiger partial charge is 0.443 e. The number of aryl methyl sites for hydroxylation is 1. The van der Waals surface area contributed by atoms with Gasteiger partial charge in [-0.25, -0.2) is 0 Å². The van der Waals surface area contributed by atoms with Crippen LogP contribution in [-0.2, 0) is 4.79 Å². The second-order valence-corrected chi connectivity index (χ2v) is 5.86. The Hall–Kier alpha value is -2.40. The van der Waals surface area contributed by atoms with Crippen LogP contribution in [0, 0.1) is 6.92 Å². The lowest BCUT2D eigenvalue weighted by atomic mass is 9.82. The highest BCUT2D eigenvalue weighted by molar-refractivity contribution is 6.31. The van der Waals surface area contributed by atoms with E-state index in [0.717, 1.165) is 0 Å². The first-order valence-electron chi connectivity index (χ1n) is 7.15. The van der Waals surface area contributed by atoms with E-state index in [9.17, 15) is 9.59 Å². The van der Waals surface area contributed by atoms with E-state index in [1.165, 1.54) is 6.92 Å². The van der Waals surface area contributed by atoms with Gasteiger partial charge in [-0.05, 0) is 32.4 Å². The zero-order valence-electron chi connectivity index (χ0n) is 12.9. The summed E-state index contributed by atoms with van der Waals surface area (Å²) in [4.78, 5) is 31.6. The summed E-state index contributed by atoms with van der Waals surface area (Å²) in [7, 11) is 0. The van der Waals surface area contributed by atoms with Crippen LogP contribution in [0.3, 0.4) is 0 Å². The Kier molecular flexibility index (Phi) is 3.82. The summed E-state index contributed by atoms with van der Waals surface area (Å²) < 4.78 is 5.64. The average Bonchev–Trinajstić information content (AvgIpc) is 2.45. The molecule has 2 aromatic rings. The van der Waals surface area contributed by atoms with E-state index in [0.29, 0.717) is 33.3 Å². The summed E-state index contributed by atoms with van der Waals surface area (Å²) in [5, 5.41) is 0.483. The van der Waals surface area contributed by atoms with Crippen LogP contribution in [0.1, 0.15) is 36.7 Å². The number of benzene rings is 1. The van der Waals surface area contributed by atoms with Crippen molar-refractivity contribution in [1.29, 1.82) is 0 Å². The second kappa shape index (κ2) is 5.66. The molecule has 5 nitrogen and oxygen atoms in total. The highest BCUT2D eigenvalue weighted by Gasteiger charge is 2.36. The number of ether oxygens (including phenoxy) is 1. The van der Waals surface area contributed by atoms with E-state index < -0.39 is 5.92 Å². The number of carbonyl (C=O) groups excluding carboxylic acids is 1. The van der Waals surface area contributed by atoms with Crippen molar-refractivity contribution < 1.29 is 9.53 Å². The number of Topliss-reactive ketones (excluding diaryl/α,β-unsaturated/α-hetero) is 1. The molecule has 1 N–H and O–H groups in total. The van der Waals surface area contributed by atoms with E-state index in [1.54, 1.807) is 32.0 Å². The summed E-state index contributed by atoms with van der Waals surface area (Å²) in [6, 6.07) is 7.15. The molecule has 0 aliphatic carbocycles. The van der Waals surface area contributed by atoms with Crippen LogP contribution in [0.4, 0.5) is 0 Å². The smallest absolute Gasteiger partial charge is 0.258 e. The van der Waals surface area contributed by atoms with E-state index in [4.69, 9.17) is 16.3 Å². The molecule has 1 aromatic heterocycles. The SMILES string of the molecule is CC(=O)C1=C(C)Oc2nc(C)[nH]c(=O)c2[C@H]1c1ccccc1Cl. The van der Waals surface area contributed by atoms with Crippen LogP contribution in [0.15, 0.2) is 40.4 Å². The fourth-order valence-electron chi connectivity index (χ4n) is 2.92. The predicted octanol–water partition coefficient (Wildman–Crippen LogP) is 3.12. The molecule has 23 heavy (non-hydrogen) atoms. The zero-order valence-corrected chi connectivity index (χ0v) is 13.7. The Balaban J connectivity index is 2.36. The molecule has 1 atom stereocenters. The topological polar surface area (TPSA) is 72.0 Å². The lowest BCUT2D eigenvalue weighted by Crippen LogP contribution is -2.28. The molecule has 0 unspecified atom stereocenters. The van der Waals surface area contributed by atoms with Crippen molar-refractivity contribution in [2.45, 2.75) is 26.7 Å². The van der Waals surface area contributed by atoms with Gasteiger partial charge in [-0.15, -0.1) is 0 Å². The molecule has 0 saturated carbocycles. The number of ketones is 1. The van der Waals surface area contributed by atoms with E-state index in [-0.39, 0.29) is 17.2 Å². The number of nitrogens with one attached hydrogen (secondary N) is 1. The van der Waals surface area contributed by atoms with Crippen LogP contribution in [0.5, 0.6) is 5.88 Å². The summed E-state index contributed by atoms with van der Waals surface area (Å²) >= 11 is 6.32. The molecule has 0 fully saturated rings. The number of hydrogen-bond acceptors (Lipinski definition) is 4. The van der Waals surface area contributed by atoms with Crippen LogP contribution in [0.25, 0.3) is 0 Å². The van der Waals surface area contributed by atoms with E-state index >= 15 is 0 Å². The maximum atomic E-state index is 12.5. The molecule has 0 spiro atoms. The third-order valence-corrected chi connectivity index (χ3v) is 4.18. The number of aromatic amines is 1. The molecule has 0 saturated heterocycles. The Labute approximate surface area is 138 Å². The average molecular weight is 331 g/mol. The van der Waals surface area contributed by atoms with E-state index in [1.807, 2.05) is 6.07 Å². The lowest BCUT2D eigenvalue weighted by Gasteiger charge is -2.28. The lowest BCUT2D eigenvalue weighted by molar-refractivity contribution is -0.114. The fraction of sp³-hybridized carbons (Fsp3) is 0.235. The maximum absolute atomic E-state index is 12.5. The van der Waals surface area contributed by atoms with Crippen LogP contribution in [0.2, 0.25) is 5.02 Å². The maximum Gasteiger partial charge on any atom is 0.258 e. The number of aromatic nitrogens is 2. The molecule has 0 bridgehead atoms. The monoisotopic (exact) mass is 330 g/mol. The number of fused-ring (bicyclic) bond motifs is 1.